The Hall–Kier alpha value is -0.0631. The largest absolute Gasteiger partial charge is 0.417 e. The van der Waals surface area contributed by atoms with Crippen molar-refractivity contribution in [2.75, 3.05) is 39.6 Å². The molecule has 3 heterocycles. The van der Waals surface area contributed by atoms with Crippen molar-refractivity contribution in [3.8, 4) is 0 Å². The molecule has 3 aliphatic heterocycles. The molecule has 0 aromatic rings. The molecule has 0 radical (unpaired) electrons. The van der Waals surface area contributed by atoms with Gasteiger partial charge in [-0.15, -0.1) is 0 Å². The van der Waals surface area contributed by atoms with Gasteiger partial charge in [0.25, 0.3) is 0 Å². The van der Waals surface area contributed by atoms with Crippen LogP contribution < -0.4 is 0 Å². The Balaban J connectivity index is 1.59. The van der Waals surface area contributed by atoms with Gasteiger partial charge in [0.2, 0.25) is 0 Å². The SMILES string of the molecule is CC(CC(O[SiH3])(C(C)OCC1CO1)C(C)OCC1CO1)OCC1CO1. The van der Waals surface area contributed by atoms with Crippen LogP contribution in [-0.2, 0) is 32.8 Å². The Labute approximate surface area is 153 Å². The molecule has 0 N–H and O–H groups in total. The van der Waals surface area contributed by atoms with Crippen LogP contribution in [0.3, 0.4) is 0 Å². The smallest absolute Gasteiger partial charge is 0.147 e. The first kappa shape index (κ1) is 19.7. The van der Waals surface area contributed by atoms with Crippen LogP contribution in [0.1, 0.15) is 27.2 Å². The third-order valence-electron chi connectivity index (χ3n) is 5.20. The van der Waals surface area contributed by atoms with Gasteiger partial charge in [0.1, 0.15) is 34.4 Å². The van der Waals surface area contributed by atoms with Crippen molar-refractivity contribution >= 4 is 10.5 Å². The van der Waals surface area contributed by atoms with E-state index in [1.165, 1.54) is 0 Å². The van der Waals surface area contributed by atoms with Gasteiger partial charge < -0.3 is 32.8 Å². The van der Waals surface area contributed by atoms with E-state index in [-0.39, 0.29) is 36.6 Å². The number of epoxide rings is 3. The van der Waals surface area contributed by atoms with Crippen LogP contribution in [-0.4, -0.2) is 92.4 Å². The van der Waals surface area contributed by atoms with E-state index in [0.717, 1.165) is 19.8 Å². The van der Waals surface area contributed by atoms with Crippen molar-refractivity contribution in [1.29, 1.82) is 0 Å². The third kappa shape index (κ3) is 5.97. The van der Waals surface area contributed by atoms with Crippen molar-refractivity contribution in [3.05, 3.63) is 0 Å². The normalized spacial score (nSPS) is 33.5. The van der Waals surface area contributed by atoms with Crippen molar-refractivity contribution in [3.63, 3.8) is 0 Å². The second-order valence-corrected chi connectivity index (χ2v) is 7.73. The van der Waals surface area contributed by atoms with Crippen LogP contribution in [0.5, 0.6) is 0 Å². The van der Waals surface area contributed by atoms with Gasteiger partial charge in [0.05, 0.1) is 58.0 Å². The molecule has 7 nitrogen and oxygen atoms in total. The lowest BCUT2D eigenvalue weighted by Crippen LogP contribution is -2.56. The molecular weight excluding hydrogens is 344 g/mol. The van der Waals surface area contributed by atoms with E-state index in [4.69, 9.17) is 32.8 Å². The van der Waals surface area contributed by atoms with E-state index in [1.54, 1.807) is 0 Å². The minimum atomic E-state index is -0.542. The Morgan fingerprint density at radius 1 is 0.840 bits per heavy atom. The summed E-state index contributed by atoms with van der Waals surface area (Å²) >= 11 is 0. The van der Waals surface area contributed by atoms with Gasteiger partial charge in [0.15, 0.2) is 0 Å². The van der Waals surface area contributed by atoms with Gasteiger partial charge >= 0.3 is 0 Å². The molecule has 6 unspecified atom stereocenters. The van der Waals surface area contributed by atoms with E-state index in [2.05, 4.69) is 20.8 Å². The summed E-state index contributed by atoms with van der Waals surface area (Å²) in [5, 5.41) is 0. The van der Waals surface area contributed by atoms with Gasteiger partial charge in [-0.2, -0.15) is 0 Å². The highest BCUT2D eigenvalue weighted by Gasteiger charge is 2.45. The average Bonchev–Trinajstić information content (AvgIpc) is 3.48. The maximum Gasteiger partial charge on any atom is 0.147 e. The van der Waals surface area contributed by atoms with Gasteiger partial charge in [-0.05, 0) is 20.8 Å². The summed E-state index contributed by atoms with van der Waals surface area (Å²) in [5.41, 5.74) is -0.542. The summed E-state index contributed by atoms with van der Waals surface area (Å²) in [6, 6.07) is 0. The highest BCUT2D eigenvalue weighted by atomic mass is 28.2. The van der Waals surface area contributed by atoms with Gasteiger partial charge in [-0.3, -0.25) is 0 Å². The van der Waals surface area contributed by atoms with E-state index >= 15 is 0 Å². The van der Waals surface area contributed by atoms with Crippen LogP contribution in [0, 0.1) is 0 Å². The minimum absolute atomic E-state index is 0.0320. The van der Waals surface area contributed by atoms with E-state index < -0.39 is 5.60 Å². The Morgan fingerprint density at radius 2 is 1.24 bits per heavy atom. The zero-order chi connectivity index (χ0) is 17.9. The highest BCUT2D eigenvalue weighted by molar-refractivity contribution is 5.98. The molecule has 6 atom stereocenters. The molecule has 0 bridgehead atoms. The summed E-state index contributed by atoms with van der Waals surface area (Å²) in [6.07, 6.45) is 1.22. The Kier molecular flexibility index (Phi) is 6.89. The molecule has 0 spiro atoms. The van der Waals surface area contributed by atoms with E-state index in [0.29, 0.717) is 36.7 Å². The summed E-state index contributed by atoms with van der Waals surface area (Å²) in [5.74, 6) is 0. The molecule has 3 rings (SSSR count). The minimum Gasteiger partial charge on any atom is -0.417 e. The molecule has 0 aromatic heterocycles. The van der Waals surface area contributed by atoms with Crippen LogP contribution in [0.2, 0.25) is 0 Å². The molecule has 146 valence electrons. The summed E-state index contributed by atoms with van der Waals surface area (Å²) in [4.78, 5) is 0. The molecule has 3 fully saturated rings. The van der Waals surface area contributed by atoms with E-state index in [9.17, 15) is 0 Å². The lowest BCUT2D eigenvalue weighted by atomic mass is 9.86. The second-order valence-electron chi connectivity index (χ2n) is 7.32. The molecule has 3 aliphatic rings. The monoisotopic (exact) mass is 376 g/mol. The summed E-state index contributed by atoms with van der Waals surface area (Å²) < 4.78 is 40.0. The lowest BCUT2D eigenvalue weighted by molar-refractivity contribution is -0.173. The van der Waals surface area contributed by atoms with Crippen molar-refractivity contribution in [1.82, 2.24) is 0 Å². The van der Waals surface area contributed by atoms with Crippen molar-refractivity contribution < 1.29 is 32.8 Å². The summed E-state index contributed by atoms with van der Waals surface area (Å²) in [6.45, 7) is 10.4. The first-order valence-electron chi connectivity index (χ1n) is 9.28. The van der Waals surface area contributed by atoms with E-state index in [1.807, 2.05) is 0 Å². The first-order valence-corrected chi connectivity index (χ1v) is 10.1. The Bertz CT molecular complexity index is 390. The molecule has 25 heavy (non-hydrogen) atoms. The number of hydrogen-bond acceptors (Lipinski definition) is 7. The number of hydrogen-bond donors (Lipinski definition) is 0. The van der Waals surface area contributed by atoms with Crippen LogP contribution >= 0.6 is 0 Å². The highest BCUT2D eigenvalue weighted by Crippen LogP contribution is 2.32. The van der Waals surface area contributed by atoms with Crippen LogP contribution in [0.25, 0.3) is 0 Å². The fourth-order valence-corrected chi connectivity index (χ4v) is 3.97. The third-order valence-corrected chi connectivity index (χ3v) is 5.96. The molecule has 0 saturated carbocycles. The van der Waals surface area contributed by atoms with Gasteiger partial charge in [-0.25, -0.2) is 0 Å². The zero-order valence-corrected chi connectivity index (χ0v) is 17.8. The molecular formula is C17H32O7Si. The quantitative estimate of drug-likeness (QED) is 0.308. The fraction of sp³-hybridized carbons (Fsp3) is 1.00. The predicted octanol–water partition coefficient (Wildman–Crippen LogP) is -0.176. The topological polar surface area (TPSA) is 74.5 Å². The Morgan fingerprint density at radius 3 is 1.60 bits per heavy atom. The molecule has 0 amide bonds. The molecule has 8 heteroatoms. The van der Waals surface area contributed by atoms with Crippen LogP contribution in [0.15, 0.2) is 0 Å². The predicted molar refractivity (Wildman–Crippen MR) is 93.8 cm³/mol. The average molecular weight is 377 g/mol. The number of rotatable bonds is 14. The fourth-order valence-electron chi connectivity index (χ4n) is 3.14. The number of ether oxygens (including phenoxy) is 6. The molecule has 0 aromatic carbocycles. The van der Waals surface area contributed by atoms with Crippen molar-refractivity contribution in [2.45, 2.75) is 69.4 Å². The van der Waals surface area contributed by atoms with Crippen molar-refractivity contribution in [2.24, 2.45) is 0 Å². The standard InChI is InChI=1S/C17H32O7Si/c1-11(18-5-14-8-21-14)4-17(24-25,12(2)19-6-15-9-22-15)13(3)20-7-16-10-23-16/h11-16H,4-10H2,1-3,25H3. The maximum absolute atomic E-state index is 6.16. The zero-order valence-electron chi connectivity index (χ0n) is 15.8. The van der Waals surface area contributed by atoms with Crippen LogP contribution in [0.4, 0.5) is 0 Å². The second kappa shape index (κ2) is 8.75. The molecule has 3 saturated heterocycles. The van der Waals surface area contributed by atoms with Gasteiger partial charge in [0, 0.05) is 6.42 Å². The lowest BCUT2D eigenvalue weighted by Gasteiger charge is -2.44. The van der Waals surface area contributed by atoms with Gasteiger partial charge in [-0.1, -0.05) is 0 Å². The summed E-state index contributed by atoms with van der Waals surface area (Å²) in [7, 11) is 0.596. The maximum atomic E-state index is 6.16. The molecule has 0 aliphatic carbocycles. The first-order chi connectivity index (χ1) is 12.0.